The molecule has 1 aromatic heterocycles. The molecule has 0 aliphatic rings. The first-order valence-corrected chi connectivity index (χ1v) is 5.54. The van der Waals surface area contributed by atoms with Gasteiger partial charge in [-0.2, -0.15) is 5.10 Å². The van der Waals surface area contributed by atoms with E-state index in [4.69, 9.17) is 0 Å². The predicted octanol–water partition coefficient (Wildman–Crippen LogP) is 2.38. The van der Waals surface area contributed by atoms with Crippen LogP contribution in [0.5, 0.6) is 0 Å². The molecule has 3 nitrogen and oxygen atoms in total. The van der Waals surface area contributed by atoms with Gasteiger partial charge in [0.25, 0.3) is 0 Å². The smallest absolute Gasteiger partial charge is 0.0492 e. The first kappa shape index (κ1) is 10.7. The molecule has 0 saturated heterocycles. The number of aryl methyl sites for hydroxylation is 2. The van der Waals surface area contributed by atoms with Crippen LogP contribution in [0, 0.1) is 6.92 Å². The molecule has 0 aliphatic carbocycles. The van der Waals surface area contributed by atoms with E-state index in [1.54, 1.807) is 0 Å². The third-order valence-electron chi connectivity index (χ3n) is 2.76. The summed E-state index contributed by atoms with van der Waals surface area (Å²) >= 11 is 0. The normalized spacial score (nSPS) is 10.4. The number of hydrogen-bond donors (Lipinski definition) is 1. The Bertz CT molecular complexity index is 460. The van der Waals surface area contributed by atoms with Gasteiger partial charge in [0.15, 0.2) is 0 Å². The van der Waals surface area contributed by atoms with E-state index in [2.05, 4.69) is 47.7 Å². The van der Waals surface area contributed by atoms with Crippen LogP contribution in [0.4, 0.5) is 5.69 Å². The Balaban J connectivity index is 1.89. The van der Waals surface area contributed by atoms with Crippen LogP contribution in [-0.2, 0) is 13.5 Å². The Morgan fingerprint density at radius 2 is 2.06 bits per heavy atom. The lowest BCUT2D eigenvalue weighted by atomic mass is 10.2. The van der Waals surface area contributed by atoms with Gasteiger partial charge in [0.2, 0.25) is 0 Å². The van der Waals surface area contributed by atoms with E-state index < -0.39 is 0 Å². The molecule has 3 heteroatoms. The zero-order valence-corrected chi connectivity index (χ0v) is 9.77. The van der Waals surface area contributed by atoms with E-state index in [1.165, 1.54) is 16.9 Å². The van der Waals surface area contributed by atoms with E-state index in [1.807, 2.05) is 17.9 Å². The monoisotopic (exact) mass is 215 g/mol. The number of nitrogens with zero attached hydrogens (tertiary/aromatic N) is 2. The molecule has 1 aromatic carbocycles. The van der Waals surface area contributed by atoms with Gasteiger partial charge >= 0.3 is 0 Å². The van der Waals surface area contributed by atoms with E-state index in [9.17, 15) is 0 Å². The summed E-state index contributed by atoms with van der Waals surface area (Å²) in [6, 6.07) is 10.4. The second-order valence-electron chi connectivity index (χ2n) is 3.94. The van der Waals surface area contributed by atoms with Crippen LogP contribution in [0.1, 0.15) is 11.3 Å². The van der Waals surface area contributed by atoms with Crippen molar-refractivity contribution in [3.8, 4) is 0 Å². The van der Waals surface area contributed by atoms with Gasteiger partial charge in [-0.15, -0.1) is 0 Å². The third-order valence-corrected chi connectivity index (χ3v) is 2.76. The maximum Gasteiger partial charge on any atom is 0.0492 e. The molecule has 2 aromatic rings. The summed E-state index contributed by atoms with van der Waals surface area (Å²) < 4.78 is 1.92. The highest BCUT2D eigenvalue weighted by atomic mass is 15.3. The molecule has 0 bridgehead atoms. The molecule has 0 spiro atoms. The standard InChI is InChI=1S/C13H17N3/c1-11-5-3-4-6-13(11)14-9-7-12-8-10-15-16(12)2/h3-6,8,10,14H,7,9H2,1-2H3. The zero-order chi connectivity index (χ0) is 11.4. The van der Waals surface area contributed by atoms with Gasteiger partial charge in [-0.25, -0.2) is 0 Å². The first-order chi connectivity index (χ1) is 7.77. The maximum absolute atomic E-state index is 4.15. The fourth-order valence-electron chi connectivity index (χ4n) is 1.74. The number of nitrogens with one attached hydrogen (secondary N) is 1. The Labute approximate surface area is 96.1 Å². The molecular formula is C13H17N3. The van der Waals surface area contributed by atoms with Crippen LogP contribution >= 0.6 is 0 Å². The fourth-order valence-corrected chi connectivity index (χ4v) is 1.74. The summed E-state index contributed by atoms with van der Waals surface area (Å²) in [5, 5.41) is 7.59. The highest BCUT2D eigenvalue weighted by molar-refractivity contribution is 5.50. The molecule has 0 radical (unpaired) electrons. The SMILES string of the molecule is Cc1ccccc1NCCc1ccnn1C. The Morgan fingerprint density at radius 1 is 1.25 bits per heavy atom. The lowest BCUT2D eigenvalue weighted by molar-refractivity contribution is 0.711. The summed E-state index contributed by atoms with van der Waals surface area (Å²) in [4.78, 5) is 0. The van der Waals surface area contributed by atoms with Crippen molar-refractivity contribution in [1.29, 1.82) is 0 Å². The molecular weight excluding hydrogens is 198 g/mol. The zero-order valence-electron chi connectivity index (χ0n) is 9.77. The highest BCUT2D eigenvalue weighted by Gasteiger charge is 1.99. The van der Waals surface area contributed by atoms with Crippen molar-refractivity contribution in [3.05, 3.63) is 47.8 Å². The van der Waals surface area contributed by atoms with Gasteiger partial charge in [0, 0.05) is 37.6 Å². The number of benzene rings is 1. The van der Waals surface area contributed by atoms with Crippen molar-refractivity contribution in [2.75, 3.05) is 11.9 Å². The third kappa shape index (κ3) is 2.42. The molecule has 0 saturated carbocycles. The van der Waals surface area contributed by atoms with Crippen LogP contribution in [0.25, 0.3) is 0 Å². The summed E-state index contributed by atoms with van der Waals surface area (Å²) in [5.41, 5.74) is 3.75. The molecule has 84 valence electrons. The van der Waals surface area contributed by atoms with Gasteiger partial charge in [-0.3, -0.25) is 4.68 Å². The lowest BCUT2D eigenvalue weighted by Crippen LogP contribution is -2.08. The van der Waals surface area contributed by atoms with Crippen LogP contribution < -0.4 is 5.32 Å². The largest absolute Gasteiger partial charge is 0.384 e. The van der Waals surface area contributed by atoms with E-state index in [0.717, 1.165) is 13.0 Å². The Morgan fingerprint density at radius 3 is 2.75 bits per heavy atom. The molecule has 0 aliphatic heterocycles. The van der Waals surface area contributed by atoms with Gasteiger partial charge in [-0.1, -0.05) is 18.2 Å². The average Bonchev–Trinajstić information content (AvgIpc) is 2.67. The van der Waals surface area contributed by atoms with Crippen molar-refractivity contribution in [2.24, 2.45) is 7.05 Å². The van der Waals surface area contributed by atoms with Crippen molar-refractivity contribution in [3.63, 3.8) is 0 Å². The maximum atomic E-state index is 4.15. The molecule has 0 amide bonds. The summed E-state index contributed by atoms with van der Waals surface area (Å²) in [6.45, 7) is 3.05. The van der Waals surface area contributed by atoms with E-state index >= 15 is 0 Å². The second-order valence-corrected chi connectivity index (χ2v) is 3.94. The number of para-hydroxylation sites is 1. The summed E-state index contributed by atoms with van der Waals surface area (Å²) in [5.74, 6) is 0. The molecule has 1 N–H and O–H groups in total. The van der Waals surface area contributed by atoms with Crippen LogP contribution in [-0.4, -0.2) is 16.3 Å². The van der Waals surface area contributed by atoms with Crippen LogP contribution in [0.3, 0.4) is 0 Å². The average molecular weight is 215 g/mol. The predicted molar refractivity (Wildman–Crippen MR) is 66.6 cm³/mol. The highest BCUT2D eigenvalue weighted by Crippen LogP contribution is 2.12. The van der Waals surface area contributed by atoms with Gasteiger partial charge in [0.1, 0.15) is 0 Å². The summed E-state index contributed by atoms with van der Waals surface area (Å²) in [7, 11) is 1.98. The van der Waals surface area contributed by atoms with Gasteiger partial charge < -0.3 is 5.32 Å². The van der Waals surface area contributed by atoms with Crippen molar-refractivity contribution in [1.82, 2.24) is 9.78 Å². The van der Waals surface area contributed by atoms with Gasteiger partial charge in [0.05, 0.1) is 0 Å². The van der Waals surface area contributed by atoms with Crippen molar-refractivity contribution < 1.29 is 0 Å². The lowest BCUT2D eigenvalue weighted by Gasteiger charge is -2.09. The molecule has 1 heterocycles. The minimum absolute atomic E-state index is 0.935. The van der Waals surface area contributed by atoms with Crippen molar-refractivity contribution in [2.45, 2.75) is 13.3 Å². The van der Waals surface area contributed by atoms with Crippen LogP contribution in [0.15, 0.2) is 36.5 Å². The number of hydrogen-bond acceptors (Lipinski definition) is 2. The quantitative estimate of drug-likeness (QED) is 0.848. The Hall–Kier alpha value is -1.77. The second kappa shape index (κ2) is 4.84. The molecule has 2 rings (SSSR count). The van der Waals surface area contributed by atoms with E-state index in [0.29, 0.717) is 0 Å². The molecule has 0 unspecified atom stereocenters. The Kier molecular flexibility index (Phi) is 3.25. The summed E-state index contributed by atoms with van der Waals surface area (Å²) in [6.07, 6.45) is 2.83. The molecule has 0 fully saturated rings. The number of anilines is 1. The molecule has 16 heavy (non-hydrogen) atoms. The number of rotatable bonds is 4. The minimum Gasteiger partial charge on any atom is -0.384 e. The van der Waals surface area contributed by atoms with Crippen molar-refractivity contribution >= 4 is 5.69 Å². The van der Waals surface area contributed by atoms with Gasteiger partial charge in [-0.05, 0) is 24.6 Å². The molecule has 0 atom stereocenters. The van der Waals surface area contributed by atoms with Crippen LogP contribution in [0.2, 0.25) is 0 Å². The topological polar surface area (TPSA) is 29.9 Å². The fraction of sp³-hybridized carbons (Fsp3) is 0.308. The number of aromatic nitrogens is 2. The minimum atomic E-state index is 0.935. The van der Waals surface area contributed by atoms with E-state index in [-0.39, 0.29) is 0 Å². The first-order valence-electron chi connectivity index (χ1n) is 5.54.